The number of carbonyl (C=O) groups excluding carboxylic acids is 3. The molecule has 0 saturated carbocycles. The van der Waals surface area contributed by atoms with Gasteiger partial charge in [-0.05, 0) is 37.0 Å². The van der Waals surface area contributed by atoms with Crippen molar-refractivity contribution < 1.29 is 24.3 Å². The number of fused-ring (bicyclic) bond motifs is 1. The third-order valence-electron chi connectivity index (χ3n) is 7.17. The number of nitrogens with zero attached hydrogens (tertiary/aromatic N) is 2. The fourth-order valence-corrected chi connectivity index (χ4v) is 4.98. The largest absolute Gasteiger partial charge is 0.481 e. The van der Waals surface area contributed by atoms with Crippen LogP contribution in [0.3, 0.4) is 0 Å². The van der Waals surface area contributed by atoms with Gasteiger partial charge in [0.05, 0.1) is 16.8 Å². The minimum Gasteiger partial charge on any atom is -0.481 e. The number of hydrogen-bond donors (Lipinski definition) is 4. The topological polar surface area (TPSA) is 185 Å². The molecular formula is C28H31N5O7. The number of aromatic nitrogens is 2. The molecule has 1 aromatic heterocycles. The molecule has 4 rings (SSSR count). The first kappa shape index (κ1) is 28.3. The van der Waals surface area contributed by atoms with Gasteiger partial charge in [-0.15, -0.1) is 0 Å². The Morgan fingerprint density at radius 2 is 1.65 bits per heavy atom. The summed E-state index contributed by atoms with van der Waals surface area (Å²) >= 11 is 0. The number of hydrogen-bond acceptors (Lipinski definition) is 6. The number of benzene rings is 2. The predicted molar refractivity (Wildman–Crippen MR) is 145 cm³/mol. The number of primary amides is 1. The average molecular weight is 550 g/mol. The van der Waals surface area contributed by atoms with E-state index in [0.29, 0.717) is 11.1 Å². The first-order valence-corrected chi connectivity index (χ1v) is 13.0. The second kappa shape index (κ2) is 12.4. The van der Waals surface area contributed by atoms with Crippen LogP contribution in [0.1, 0.15) is 37.3 Å². The van der Waals surface area contributed by atoms with E-state index in [-0.39, 0.29) is 50.6 Å². The Balaban J connectivity index is 1.67. The van der Waals surface area contributed by atoms with Gasteiger partial charge in [0.2, 0.25) is 17.7 Å². The molecular weight excluding hydrogens is 518 g/mol. The Morgan fingerprint density at radius 1 is 1.00 bits per heavy atom. The molecule has 2 heterocycles. The Morgan fingerprint density at radius 3 is 2.30 bits per heavy atom. The van der Waals surface area contributed by atoms with Crippen molar-refractivity contribution in [2.45, 2.75) is 44.2 Å². The zero-order valence-corrected chi connectivity index (χ0v) is 21.7. The quantitative estimate of drug-likeness (QED) is 0.284. The summed E-state index contributed by atoms with van der Waals surface area (Å²) in [5.74, 6) is -3.41. The molecule has 0 spiro atoms. The molecule has 0 unspecified atom stereocenters. The molecule has 3 amide bonds. The summed E-state index contributed by atoms with van der Waals surface area (Å²) in [5.41, 5.74) is 4.88. The van der Waals surface area contributed by atoms with Crippen LogP contribution in [-0.2, 0) is 25.6 Å². The summed E-state index contributed by atoms with van der Waals surface area (Å²) in [7, 11) is 0. The van der Waals surface area contributed by atoms with Gasteiger partial charge in [-0.25, -0.2) is 9.36 Å². The van der Waals surface area contributed by atoms with Gasteiger partial charge in [0.25, 0.3) is 5.56 Å². The van der Waals surface area contributed by atoms with Gasteiger partial charge < -0.3 is 26.0 Å². The highest BCUT2D eigenvalue weighted by molar-refractivity contribution is 5.90. The molecule has 2 aromatic carbocycles. The van der Waals surface area contributed by atoms with Crippen LogP contribution < -0.4 is 22.3 Å². The van der Waals surface area contributed by atoms with Crippen LogP contribution in [0, 0.1) is 5.92 Å². The van der Waals surface area contributed by atoms with E-state index in [1.165, 1.54) is 4.90 Å². The molecule has 0 bridgehead atoms. The van der Waals surface area contributed by atoms with E-state index in [4.69, 9.17) is 5.73 Å². The number of nitrogens with one attached hydrogen (secondary N) is 2. The highest BCUT2D eigenvalue weighted by atomic mass is 16.4. The van der Waals surface area contributed by atoms with Gasteiger partial charge in [-0.2, -0.15) is 0 Å². The molecule has 1 saturated heterocycles. The van der Waals surface area contributed by atoms with E-state index in [2.05, 4.69) is 10.3 Å². The molecule has 1 fully saturated rings. The third kappa shape index (κ3) is 6.45. The molecule has 12 nitrogen and oxygen atoms in total. The van der Waals surface area contributed by atoms with Crippen molar-refractivity contribution in [2.75, 3.05) is 13.1 Å². The number of likely N-dealkylation sites (tertiary alicyclic amines) is 1. The second-order valence-electron chi connectivity index (χ2n) is 9.86. The lowest BCUT2D eigenvalue weighted by molar-refractivity contribution is -0.146. The number of aliphatic carboxylic acids is 1. The first-order chi connectivity index (χ1) is 19.2. The summed E-state index contributed by atoms with van der Waals surface area (Å²) in [6.07, 6.45) is 0.211. The average Bonchev–Trinajstić information content (AvgIpc) is 2.94. The van der Waals surface area contributed by atoms with E-state index in [0.717, 1.165) is 4.57 Å². The number of H-pyrrole nitrogens is 1. The van der Waals surface area contributed by atoms with Gasteiger partial charge in [-0.1, -0.05) is 42.5 Å². The number of nitrogens with two attached hydrogens (primary N) is 1. The number of rotatable bonds is 10. The maximum Gasteiger partial charge on any atom is 0.329 e. The Bertz CT molecular complexity index is 1520. The van der Waals surface area contributed by atoms with Gasteiger partial charge in [0, 0.05) is 25.9 Å². The summed E-state index contributed by atoms with van der Waals surface area (Å²) in [5, 5.41) is 12.1. The van der Waals surface area contributed by atoms with Gasteiger partial charge in [0.15, 0.2) is 0 Å². The fraction of sp³-hybridized carbons (Fsp3) is 0.357. The Kier molecular flexibility index (Phi) is 8.77. The van der Waals surface area contributed by atoms with E-state index >= 15 is 0 Å². The standard InChI is InChI=1S/C28H31N5O7/c29-23(34)11-10-21(26(37)32-14-12-18(13-15-32)27(38)39)30-24(35)22(16-17-6-2-1-3-7-17)33-25(36)19-8-4-5-9-20(19)31-28(33)40/h1-9,18,21-22H,10-16H2,(H2,29,34)(H,30,35)(H,31,40)(H,38,39)/t21-,22-/m0/s1. The lowest BCUT2D eigenvalue weighted by atomic mass is 9.96. The zero-order valence-electron chi connectivity index (χ0n) is 21.7. The monoisotopic (exact) mass is 549 g/mol. The van der Waals surface area contributed by atoms with Crippen molar-refractivity contribution in [3.63, 3.8) is 0 Å². The Hall–Kier alpha value is -4.74. The third-order valence-corrected chi connectivity index (χ3v) is 7.17. The molecule has 40 heavy (non-hydrogen) atoms. The number of amides is 3. The summed E-state index contributed by atoms with van der Waals surface area (Å²) < 4.78 is 0.846. The van der Waals surface area contributed by atoms with Gasteiger partial charge >= 0.3 is 11.7 Å². The molecule has 210 valence electrons. The summed E-state index contributed by atoms with van der Waals surface area (Å²) in [6.45, 7) is 0.353. The Labute approximate surface area is 228 Å². The van der Waals surface area contributed by atoms with Crippen LogP contribution in [0.4, 0.5) is 0 Å². The number of piperidine rings is 1. The molecule has 3 aromatic rings. The fourth-order valence-electron chi connectivity index (χ4n) is 4.98. The van der Waals surface area contributed by atoms with Crippen LogP contribution in [0.25, 0.3) is 10.9 Å². The van der Waals surface area contributed by atoms with Gasteiger partial charge in [-0.3, -0.25) is 24.0 Å². The lowest BCUT2D eigenvalue weighted by Crippen LogP contribution is -2.54. The number of carbonyl (C=O) groups is 4. The molecule has 1 aliphatic heterocycles. The zero-order chi connectivity index (χ0) is 28.8. The van der Waals surface area contributed by atoms with Crippen LogP contribution in [0.2, 0.25) is 0 Å². The number of aromatic amines is 1. The van der Waals surface area contributed by atoms with Gasteiger partial charge in [0.1, 0.15) is 12.1 Å². The molecule has 0 radical (unpaired) electrons. The summed E-state index contributed by atoms with van der Waals surface area (Å²) in [6, 6.07) is 12.8. The first-order valence-electron chi connectivity index (χ1n) is 13.0. The van der Waals surface area contributed by atoms with E-state index in [9.17, 15) is 33.9 Å². The van der Waals surface area contributed by atoms with E-state index < -0.39 is 52.9 Å². The highest BCUT2D eigenvalue weighted by Gasteiger charge is 2.34. The van der Waals surface area contributed by atoms with Crippen molar-refractivity contribution in [3.8, 4) is 0 Å². The lowest BCUT2D eigenvalue weighted by Gasteiger charge is -2.33. The van der Waals surface area contributed by atoms with E-state index in [1.807, 2.05) is 0 Å². The molecule has 1 aliphatic rings. The summed E-state index contributed by atoms with van der Waals surface area (Å²) in [4.78, 5) is 80.7. The second-order valence-corrected chi connectivity index (χ2v) is 9.86. The van der Waals surface area contributed by atoms with Crippen molar-refractivity contribution in [1.29, 1.82) is 0 Å². The van der Waals surface area contributed by atoms with Crippen LogP contribution >= 0.6 is 0 Å². The smallest absolute Gasteiger partial charge is 0.329 e. The number of carboxylic acids is 1. The maximum absolute atomic E-state index is 13.8. The highest BCUT2D eigenvalue weighted by Crippen LogP contribution is 2.20. The molecule has 0 aliphatic carbocycles. The van der Waals surface area contributed by atoms with Crippen LogP contribution in [-0.4, -0.2) is 62.4 Å². The van der Waals surface area contributed by atoms with Crippen molar-refractivity contribution >= 4 is 34.6 Å². The number of carboxylic acid groups (broad SMARTS) is 1. The van der Waals surface area contributed by atoms with Crippen molar-refractivity contribution in [1.82, 2.24) is 19.8 Å². The predicted octanol–water partition coefficient (Wildman–Crippen LogP) is 0.547. The van der Waals surface area contributed by atoms with Crippen molar-refractivity contribution in [3.05, 3.63) is 81.0 Å². The molecule has 2 atom stereocenters. The minimum atomic E-state index is -1.31. The maximum atomic E-state index is 13.8. The minimum absolute atomic E-state index is 0.0191. The van der Waals surface area contributed by atoms with E-state index in [1.54, 1.807) is 54.6 Å². The number of para-hydroxylation sites is 1. The van der Waals surface area contributed by atoms with Crippen molar-refractivity contribution in [2.24, 2.45) is 11.7 Å². The molecule has 5 N–H and O–H groups in total. The normalized spacial score (nSPS) is 15.3. The van der Waals surface area contributed by atoms with Crippen LogP contribution in [0.15, 0.2) is 64.2 Å². The van der Waals surface area contributed by atoms with Crippen LogP contribution in [0.5, 0.6) is 0 Å². The SMILES string of the molecule is NC(=O)CC[C@H](NC(=O)[C@H](Cc1ccccc1)n1c(=O)[nH]c2ccccc2c1=O)C(=O)N1CCC(C(=O)O)CC1. The molecule has 12 heteroatoms.